The highest BCUT2D eigenvalue weighted by Gasteiger charge is 2.26. The Labute approximate surface area is 140 Å². The summed E-state index contributed by atoms with van der Waals surface area (Å²) in [7, 11) is 2.49. The van der Waals surface area contributed by atoms with E-state index in [0.717, 1.165) is 19.3 Å². The van der Waals surface area contributed by atoms with E-state index in [4.69, 9.17) is 5.73 Å². The zero-order valence-corrected chi connectivity index (χ0v) is 13.8. The Balaban J connectivity index is 2.23. The molecule has 0 saturated heterocycles. The first-order chi connectivity index (χ1) is 11.4. The lowest BCUT2D eigenvalue weighted by Crippen LogP contribution is -2.34. The number of ether oxygens (including phenoxy) is 2. The van der Waals surface area contributed by atoms with Crippen molar-refractivity contribution in [3.63, 3.8) is 0 Å². The van der Waals surface area contributed by atoms with Crippen LogP contribution in [0.2, 0.25) is 0 Å². The minimum absolute atomic E-state index is 0.0292. The number of hydrogen-bond acceptors (Lipinski definition) is 6. The van der Waals surface area contributed by atoms with E-state index in [-0.39, 0.29) is 29.0 Å². The van der Waals surface area contributed by atoms with Gasteiger partial charge in [-0.05, 0) is 37.5 Å². The fourth-order valence-corrected chi connectivity index (χ4v) is 2.88. The molecular formula is C17H22N2O5. The van der Waals surface area contributed by atoms with E-state index < -0.39 is 11.9 Å². The Kier molecular flexibility index (Phi) is 5.92. The zero-order chi connectivity index (χ0) is 17.7. The predicted octanol–water partition coefficient (Wildman–Crippen LogP) is 1.72. The van der Waals surface area contributed by atoms with Crippen LogP contribution in [-0.4, -0.2) is 38.1 Å². The lowest BCUT2D eigenvalue weighted by Gasteiger charge is -2.25. The molecule has 0 spiro atoms. The molecular weight excluding hydrogens is 312 g/mol. The molecule has 1 aliphatic carbocycles. The second kappa shape index (κ2) is 7.92. The Bertz CT molecular complexity index is 610. The molecule has 1 saturated carbocycles. The van der Waals surface area contributed by atoms with Crippen LogP contribution in [0, 0.1) is 5.92 Å². The van der Waals surface area contributed by atoms with Crippen LogP contribution >= 0.6 is 0 Å². The number of methoxy groups -OCH3 is 2. The molecule has 0 aliphatic heterocycles. The van der Waals surface area contributed by atoms with Crippen LogP contribution in [-0.2, 0) is 14.3 Å². The molecule has 1 fully saturated rings. The summed E-state index contributed by atoms with van der Waals surface area (Å²) in [6.07, 6.45) is 3.25. The molecule has 2 rings (SSSR count). The molecule has 2 unspecified atom stereocenters. The number of carbonyl (C=O) groups excluding carboxylic acids is 3. The van der Waals surface area contributed by atoms with Gasteiger partial charge in [-0.2, -0.15) is 0 Å². The van der Waals surface area contributed by atoms with E-state index in [2.05, 4.69) is 14.8 Å². The first-order valence-corrected chi connectivity index (χ1v) is 7.82. The predicted molar refractivity (Wildman–Crippen MR) is 87.7 cm³/mol. The van der Waals surface area contributed by atoms with Gasteiger partial charge < -0.3 is 20.5 Å². The second-order valence-electron chi connectivity index (χ2n) is 5.90. The van der Waals surface area contributed by atoms with Crippen molar-refractivity contribution in [1.29, 1.82) is 0 Å². The van der Waals surface area contributed by atoms with E-state index >= 15 is 0 Å². The van der Waals surface area contributed by atoms with Crippen molar-refractivity contribution >= 4 is 23.5 Å². The smallest absolute Gasteiger partial charge is 0.337 e. The van der Waals surface area contributed by atoms with Crippen molar-refractivity contribution < 1.29 is 23.9 Å². The zero-order valence-electron chi connectivity index (χ0n) is 13.8. The fraction of sp³-hybridized carbons (Fsp3) is 0.471. The monoisotopic (exact) mass is 334 g/mol. The van der Waals surface area contributed by atoms with Gasteiger partial charge in [0.05, 0.1) is 25.3 Å². The molecule has 0 bridgehead atoms. The molecule has 24 heavy (non-hydrogen) atoms. The number of amides is 1. The van der Waals surface area contributed by atoms with Crippen molar-refractivity contribution in [1.82, 2.24) is 0 Å². The second-order valence-corrected chi connectivity index (χ2v) is 5.90. The Morgan fingerprint density at radius 3 is 2.12 bits per heavy atom. The van der Waals surface area contributed by atoms with Crippen LogP contribution in [0.4, 0.5) is 5.69 Å². The molecule has 0 heterocycles. The van der Waals surface area contributed by atoms with E-state index in [9.17, 15) is 14.4 Å². The number of rotatable bonds is 4. The van der Waals surface area contributed by atoms with Gasteiger partial charge >= 0.3 is 11.9 Å². The number of esters is 2. The quantitative estimate of drug-likeness (QED) is 0.812. The molecule has 130 valence electrons. The molecule has 3 N–H and O–H groups in total. The summed E-state index contributed by atoms with van der Waals surface area (Å²) in [6, 6.07) is 4.34. The van der Waals surface area contributed by atoms with Crippen LogP contribution in [0.5, 0.6) is 0 Å². The van der Waals surface area contributed by atoms with Crippen LogP contribution in [0.1, 0.15) is 46.4 Å². The van der Waals surface area contributed by atoms with Gasteiger partial charge in [-0.25, -0.2) is 9.59 Å². The maximum Gasteiger partial charge on any atom is 0.337 e. The average molecular weight is 334 g/mol. The number of nitrogens with one attached hydrogen (secondary N) is 1. The SMILES string of the molecule is COC(=O)c1cc(NC(=O)C2CCCC(N)C2)cc(C(=O)OC)c1. The van der Waals surface area contributed by atoms with Gasteiger partial charge in [-0.3, -0.25) is 4.79 Å². The summed E-state index contributed by atoms with van der Waals surface area (Å²) in [4.78, 5) is 35.9. The van der Waals surface area contributed by atoms with Gasteiger partial charge in [0.25, 0.3) is 0 Å². The van der Waals surface area contributed by atoms with Gasteiger partial charge in [-0.1, -0.05) is 6.42 Å². The van der Waals surface area contributed by atoms with Crippen LogP contribution < -0.4 is 11.1 Å². The highest BCUT2D eigenvalue weighted by molar-refractivity contribution is 5.99. The van der Waals surface area contributed by atoms with Crippen molar-refractivity contribution in [2.24, 2.45) is 11.7 Å². The molecule has 1 amide bonds. The van der Waals surface area contributed by atoms with Crippen molar-refractivity contribution in [3.8, 4) is 0 Å². The summed E-state index contributed by atoms with van der Waals surface area (Å²) >= 11 is 0. The van der Waals surface area contributed by atoms with Gasteiger partial charge in [0.15, 0.2) is 0 Å². The summed E-state index contributed by atoms with van der Waals surface area (Å²) < 4.78 is 9.35. The molecule has 7 nitrogen and oxygen atoms in total. The maximum absolute atomic E-state index is 12.4. The Morgan fingerprint density at radius 2 is 1.62 bits per heavy atom. The average Bonchev–Trinajstić information content (AvgIpc) is 2.59. The van der Waals surface area contributed by atoms with Gasteiger partial charge in [0, 0.05) is 17.6 Å². The molecule has 1 aliphatic rings. The normalized spacial score (nSPS) is 20.1. The molecule has 0 radical (unpaired) electrons. The van der Waals surface area contributed by atoms with Crippen molar-refractivity contribution in [2.45, 2.75) is 31.7 Å². The Morgan fingerprint density at radius 1 is 1.04 bits per heavy atom. The maximum atomic E-state index is 12.4. The minimum atomic E-state index is -0.601. The third kappa shape index (κ3) is 4.32. The number of carbonyl (C=O) groups is 3. The largest absolute Gasteiger partial charge is 0.465 e. The molecule has 2 atom stereocenters. The van der Waals surface area contributed by atoms with Gasteiger partial charge in [0.2, 0.25) is 5.91 Å². The van der Waals surface area contributed by atoms with Gasteiger partial charge in [-0.15, -0.1) is 0 Å². The Hall–Kier alpha value is -2.41. The number of anilines is 1. The molecule has 1 aromatic rings. The minimum Gasteiger partial charge on any atom is -0.465 e. The van der Waals surface area contributed by atoms with E-state index in [1.54, 1.807) is 0 Å². The third-order valence-corrected chi connectivity index (χ3v) is 4.13. The number of hydrogen-bond donors (Lipinski definition) is 2. The van der Waals surface area contributed by atoms with E-state index in [1.807, 2.05) is 0 Å². The fourth-order valence-electron chi connectivity index (χ4n) is 2.88. The van der Waals surface area contributed by atoms with E-state index in [0.29, 0.717) is 12.1 Å². The molecule has 1 aromatic carbocycles. The first kappa shape index (κ1) is 17.9. The van der Waals surface area contributed by atoms with Gasteiger partial charge in [0.1, 0.15) is 0 Å². The number of benzene rings is 1. The molecule has 7 heteroatoms. The van der Waals surface area contributed by atoms with Crippen LogP contribution in [0.25, 0.3) is 0 Å². The highest BCUT2D eigenvalue weighted by Crippen LogP contribution is 2.25. The summed E-state index contributed by atoms with van der Waals surface area (Å²) in [6.45, 7) is 0. The lowest BCUT2D eigenvalue weighted by atomic mass is 9.85. The third-order valence-electron chi connectivity index (χ3n) is 4.13. The van der Waals surface area contributed by atoms with Crippen LogP contribution in [0.15, 0.2) is 18.2 Å². The van der Waals surface area contributed by atoms with Crippen LogP contribution in [0.3, 0.4) is 0 Å². The molecule has 0 aromatic heterocycles. The standard InChI is InChI=1S/C17H22N2O5/c1-23-16(21)11-6-12(17(22)24-2)9-14(8-11)19-15(20)10-4-3-5-13(18)7-10/h6,8-10,13H,3-5,7,18H2,1-2H3,(H,19,20). The number of nitrogens with two attached hydrogens (primary N) is 1. The summed E-state index contributed by atoms with van der Waals surface area (Å²) in [5.74, 6) is -1.54. The van der Waals surface area contributed by atoms with Crippen molar-refractivity contribution in [3.05, 3.63) is 29.3 Å². The first-order valence-electron chi connectivity index (χ1n) is 7.82. The van der Waals surface area contributed by atoms with E-state index in [1.165, 1.54) is 32.4 Å². The summed E-state index contributed by atoms with van der Waals surface area (Å²) in [5, 5.41) is 2.76. The summed E-state index contributed by atoms with van der Waals surface area (Å²) in [5.41, 5.74) is 6.59. The van der Waals surface area contributed by atoms with Crippen molar-refractivity contribution in [2.75, 3.05) is 19.5 Å². The lowest BCUT2D eigenvalue weighted by molar-refractivity contribution is -0.120. The highest BCUT2D eigenvalue weighted by atomic mass is 16.5. The topological polar surface area (TPSA) is 108 Å².